The number of carbonyl (C=O) groups is 1. The predicted octanol–water partition coefficient (Wildman–Crippen LogP) is 5.34. The average Bonchev–Trinajstić information content (AvgIpc) is 3.16. The Bertz CT molecular complexity index is 884. The number of rotatable bonds is 2. The van der Waals surface area contributed by atoms with E-state index in [0.717, 1.165) is 18.4 Å². The third-order valence-corrected chi connectivity index (χ3v) is 6.99. The molecule has 0 aromatic heterocycles. The van der Waals surface area contributed by atoms with Gasteiger partial charge in [-0.2, -0.15) is 0 Å². The molecule has 138 valence electrons. The van der Waals surface area contributed by atoms with Gasteiger partial charge in [0, 0.05) is 17.9 Å². The first-order valence-electron chi connectivity index (χ1n) is 9.79. The second-order valence-corrected chi connectivity index (χ2v) is 8.61. The maximum atomic E-state index is 12.9. The molecule has 2 aliphatic carbocycles. The van der Waals surface area contributed by atoms with E-state index in [1.165, 1.54) is 0 Å². The Kier molecular flexibility index (Phi) is 4.35. The van der Waals surface area contributed by atoms with Crippen molar-refractivity contribution in [1.29, 1.82) is 0 Å². The van der Waals surface area contributed by atoms with Crippen LogP contribution >= 0.6 is 0 Å². The van der Waals surface area contributed by atoms with Crippen molar-refractivity contribution in [1.82, 2.24) is 0 Å². The third kappa shape index (κ3) is 3.06. The van der Waals surface area contributed by atoms with Crippen molar-refractivity contribution in [2.45, 2.75) is 39.2 Å². The first-order chi connectivity index (χ1) is 12.9. The lowest BCUT2D eigenvalue weighted by Gasteiger charge is -2.44. The Morgan fingerprint density at radius 3 is 2.26 bits per heavy atom. The molecule has 0 heterocycles. The van der Waals surface area contributed by atoms with Gasteiger partial charge in [-0.3, -0.25) is 0 Å². The molecule has 2 aliphatic rings. The van der Waals surface area contributed by atoms with Crippen molar-refractivity contribution in [3.63, 3.8) is 0 Å². The van der Waals surface area contributed by atoms with Gasteiger partial charge < -0.3 is 4.74 Å². The normalized spacial score (nSPS) is 30.4. The Hall–Kier alpha value is -2.53. The van der Waals surface area contributed by atoms with Gasteiger partial charge in [0.15, 0.2) is 5.60 Å². The molecule has 2 aromatic carbocycles. The second-order valence-electron chi connectivity index (χ2n) is 8.61. The lowest BCUT2D eigenvalue weighted by Crippen LogP contribution is -2.47. The van der Waals surface area contributed by atoms with E-state index in [9.17, 15) is 4.79 Å². The van der Waals surface area contributed by atoms with E-state index in [1.807, 2.05) is 48.5 Å². The van der Waals surface area contributed by atoms with Gasteiger partial charge in [-0.15, -0.1) is 0 Å². The van der Waals surface area contributed by atoms with E-state index < -0.39 is 5.60 Å². The maximum Gasteiger partial charge on any atom is 0.339 e. The maximum absolute atomic E-state index is 12.9. The summed E-state index contributed by atoms with van der Waals surface area (Å²) in [5.41, 5.74) is 1.12. The van der Waals surface area contributed by atoms with Gasteiger partial charge in [0.25, 0.3) is 0 Å². The molecule has 27 heavy (non-hydrogen) atoms. The van der Waals surface area contributed by atoms with Crippen molar-refractivity contribution in [3.8, 4) is 11.8 Å². The van der Waals surface area contributed by atoms with Crippen LogP contribution in [0.15, 0.2) is 60.7 Å². The molecule has 2 saturated carbocycles. The first-order valence-corrected chi connectivity index (χ1v) is 9.79. The van der Waals surface area contributed by atoms with E-state index in [0.29, 0.717) is 17.4 Å². The van der Waals surface area contributed by atoms with Crippen LogP contribution in [0.1, 0.15) is 49.5 Å². The number of fused-ring (bicyclic) bond motifs is 2. The Morgan fingerprint density at radius 1 is 1.04 bits per heavy atom. The molecule has 2 heteroatoms. The summed E-state index contributed by atoms with van der Waals surface area (Å²) in [5.74, 6) is 7.72. The lowest BCUT2D eigenvalue weighted by atomic mass is 9.64. The van der Waals surface area contributed by atoms with Gasteiger partial charge in [-0.05, 0) is 53.9 Å². The molecular formula is C25H26O2. The molecular weight excluding hydrogens is 332 g/mol. The molecule has 4 atom stereocenters. The van der Waals surface area contributed by atoms with Crippen molar-refractivity contribution in [3.05, 3.63) is 71.8 Å². The van der Waals surface area contributed by atoms with Crippen LogP contribution in [0.25, 0.3) is 0 Å². The number of hydrogen-bond acceptors (Lipinski definition) is 2. The van der Waals surface area contributed by atoms with Gasteiger partial charge in [-0.25, -0.2) is 4.79 Å². The number of ether oxygens (including phenoxy) is 1. The molecule has 0 saturated heterocycles. The summed E-state index contributed by atoms with van der Waals surface area (Å²) in [6.07, 6.45) is 1.91. The van der Waals surface area contributed by atoms with Crippen LogP contribution in [0.3, 0.4) is 0 Å². The predicted molar refractivity (Wildman–Crippen MR) is 107 cm³/mol. The molecule has 0 spiro atoms. The van der Waals surface area contributed by atoms with Gasteiger partial charge in [-0.1, -0.05) is 63.1 Å². The van der Waals surface area contributed by atoms with E-state index in [2.05, 4.69) is 32.6 Å². The topological polar surface area (TPSA) is 26.3 Å². The van der Waals surface area contributed by atoms with Crippen LogP contribution in [0.5, 0.6) is 0 Å². The van der Waals surface area contributed by atoms with Crippen molar-refractivity contribution in [2.24, 2.45) is 23.2 Å². The summed E-state index contributed by atoms with van der Waals surface area (Å²) in [6.45, 7) is 6.98. The zero-order valence-electron chi connectivity index (χ0n) is 16.2. The monoisotopic (exact) mass is 358 g/mol. The highest BCUT2D eigenvalue weighted by Gasteiger charge is 2.63. The molecule has 0 amide bonds. The fraction of sp³-hybridized carbons (Fsp3) is 0.400. The average molecular weight is 358 g/mol. The Balaban J connectivity index is 1.69. The van der Waals surface area contributed by atoms with Gasteiger partial charge in [0.05, 0.1) is 5.56 Å². The van der Waals surface area contributed by atoms with E-state index in [4.69, 9.17) is 4.74 Å². The summed E-state index contributed by atoms with van der Waals surface area (Å²) < 4.78 is 6.19. The standard InChI is InChI=1S/C25H26O2/c1-18-22-16-21(24(18,2)3)17-25(22,15-14-19-10-6-4-7-11-19)27-23(26)20-12-8-5-9-13-20/h4-13,18,21-22H,16-17H2,1-3H3. The summed E-state index contributed by atoms with van der Waals surface area (Å²) >= 11 is 0. The highest BCUT2D eigenvalue weighted by Crippen LogP contribution is 2.63. The van der Waals surface area contributed by atoms with Crippen molar-refractivity contribution in [2.75, 3.05) is 0 Å². The first kappa shape index (κ1) is 17.9. The summed E-state index contributed by atoms with van der Waals surface area (Å²) in [5, 5.41) is 0. The van der Waals surface area contributed by atoms with Crippen LogP contribution in [0.4, 0.5) is 0 Å². The van der Waals surface area contributed by atoms with Crippen LogP contribution in [-0.2, 0) is 4.74 Å². The minimum atomic E-state index is -0.692. The van der Waals surface area contributed by atoms with Crippen LogP contribution < -0.4 is 0 Å². The Labute approximate surface area is 161 Å². The summed E-state index contributed by atoms with van der Waals surface area (Å²) in [6, 6.07) is 19.2. The van der Waals surface area contributed by atoms with Gasteiger partial charge >= 0.3 is 5.97 Å². The second kappa shape index (κ2) is 6.57. The summed E-state index contributed by atoms with van der Waals surface area (Å²) in [7, 11) is 0. The molecule has 0 N–H and O–H groups in total. The largest absolute Gasteiger partial charge is 0.442 e. The van der Waals surface area contributed by atoms with E-state index >= 15 is 0 Å². The van der Waals surface area contributed by atoms with Gasteiger partial charge in [0.2, 0.25) is 0 Å². The minimum Gasteiger partial charge on any atom is -0.442 e. The molecule has 0 radical (unpaired) electrons. The van der Waals surface area contributed by atoms with Crippen molar-refractivity contribution >= 4 is 5.97 Å². The van der Waals surface area contributed by atoms with Crippen LogP contribution in [0, 0.1) is 35.0 Å². The van der Waals surface area contributed by atoms with Crippen molar-refractivity contribution < 1.29 is 9.53 Å². The highest BCUT2D eigenvalue weighted by molar-refractivity contribution is 5.89. The zero-order chi connectivity index (χ0) is 19.1. The van der Waals surface area contributed by atoms with Crippen LogP contribution in [-0.4, -0.2) is 11.6 Å². The molecule has 2 aromatic rings. The summed E-state index contributed by atoms with van der Waals surface area (Å²) in [4.78, 5) is 12.9. The van der Waals surface area contributed by atoms with Gasteiger partial charge in [0.1, 0.15) is 0 Å². The molecule has 0 aliphatic heterocycles. The van der Waals surface area contributed by atoms with E-state index in [-0.39, 0.29) is 17.3 Å². The number of benzene rings is 2. The Morgan fingerprint density at radius 2 is 1.67 bits per heavy atom. The molecule has 4 rings (SSSR count). The molecule has 4 unspecified atom stereocenters. The number of esters is 1. The quantitative estimate of drug-likeness (QED) is 0.535. The minimum absolute atomic E-state index is 0.266. The fourth-order valence-corrected chi connectivity index (χ4v) is 4.95. The van der Waals surface area contributed by atoms with Crippen LogP contribution in [0.2, 0.25) is 0 Å². The molecule has 2 bridgehead atoms. The number of hydrogen-bond donors (Lipinski definition) is 0. The highest BCUT2D eigenvalue weighted by atomic mass is 16.6. The zero-order valence-corrected chi connectivity index (χ0v) is 16.2. The lowest BCUT2D eigenvalue weighted by molar-refractivity contribution is -0.0506. The fourth-order valence-electron chi connectivity index (χ4n) is 4.95. The third-order valence-electron chi connectivity index (χ3n) is 6.99. The van der Waals surface area contributed by atoms with E-state index in [1.54, 1.807) is 12.1 Å². The molecule has 2 nitrogen and oxygen atoms in total. The molecule has 2 fully saturated rings. The SMILES string of the molecule is CC1C2CC(CC2(C#Cc2ccccc2)OC(=O)c2ccccc2)C1(C)C. The smallest absolute Gasteiger partial charge is 0.339 e. The number of carbonyl (C=O) groups excluding carboxylic acids is 1.